The SMILES string of the molecule is O[C@@H]1[C@@H](O)[C@@H](O)COC(c2ccccc2)OC[C@H]1O. The second-order valence-electron chi connectivity index (χ2n) is 4.53. The number of aliphatic hydroxyl groups is 4. The molecule has 0 aliphatic carbocycles. The first kappa shape index (κ1) is 14.4. The van der Waals surface area contributed by atoms with E-state index < -0.39 is 30.7 Å². The van der Waals surface area contributed by atoms with Gasteiger partial charge in [-0.3, -0.25) is 0 Å². The van der Waals surface area contributed by atoms with Gasteiger partial charge < -0.3 is 29.9 Å². The quantitative estimate of drug-likeness (QED) is 0.532. The standard InChI is InChI=1S/C13H18O6/c14-9-6-18-13(8-4-2-1-3-5-8)19-7-10(15)12(17)11(9)16/h1-5,9-17H,6-7H2/t9-,10+,11-,12-,13?/m0/s1. The smallest absolute Gasteiger partial charge is 0.184 e. The van der Waals surface area contributed by atoms with Crippen LogP contribution in [-0.2, 0) is 9.47 Å². The van der Waals surface area contributed by atoms with Crippen molar-refractivity contribution in [2.24, 2.45) is 0 Å². The predicted octanol–water partition coefficient (Wildman–Crippen LogP) is -0.824. The van der Waals surface area contributed by atoms with E-state index in [1.165, 1.54) is 0 Å². The molecule has 0 spiro atoms. The third-order valence-electron chi connectivity index (χ3n) is 3.05. The summed E-state index contributed by atoms with van der Waals surface area (Å²) in [6.45, 7) is -0.408. The van der Waals surface area contributed by atoms with Gasteiger partial charge in [0.1, 0.15) is 24.4 Å². The van der Waals surface area contributed by atoms with Crippen molar-refractivity contribution in [1.82, 2.24) is 0 Å². The zero-order valence-corrected chi connectivity index (χ0v) is 10.3. The Morgan fingerprint density at radius 1 is 0.789 bits per heavy atom. The number of benzene rings is 1. The van der Waals surface area contributed by atoms with Crippen molar-refractivity contribution >= 4 is 0 Å². The second-order valence-corrected chi connectivity index (χ2v) is 4.53. The van der Waals surface area contributed by atoms with E-state index >= 15 is 0 Å². The number of hydrogen-bond acceptors (Lipinski definition) is 6. The lowest BCUT2D eigenvalue weighted by Gasteiger charge is -2.23. The molecule has 1 aromatic rings. The van der Waals surface area contributed by atoms with E-state index in [0.29, 0.717) is 0 Å². The van der Waals surface area contributed by atoms with Crippen LogP contribution < -0.4 is 0 Å². The fourth-order valence-electron chi connectivity index (χ4n) is 1.88. The van der Waals surface area contributed by atoms with E-state index in [1.54, 1.807) is 12.1 Å². The molecule has 1 aliphatic heterocycles. The Balaban J connectivity index is 2.12. The second kappa shape index (κ2) is 6.42. The highest BCUT2D eigenvalue weighted by molar-refractivity contribution is 5.16. The summed E-state index contributed by atoms with van der Waals surface area (Å²) in [6.07, 6.45) is -6.31. The molecule has 2 rings (SSSR count). The molecular formula is C13H18O6. The van der Waals surface area contributed by atoms with Crippen LogP contribution in [-0.4, -0.2) is 58.1 Å². The lowest BCUT2D eigenvalue weighted by molar-refractivity contribution is -0.170. The van der Waals surface area contributed by atoms with Gasteiger partial charge in [-0.25, -0.2) is 0 Å². The maximum atomic E-state index is 9.66. The van der Waals surface area contributed by atoms with Gasteiger partial charge in [-0.15, -0.1) is 0 Å². The molecule has 106 valence electrons. The molecule has 0 saturated carbocycles. The van der Waals surface area contributed by atoms with Crippen molar-refractivity contribution in [3.63, 3.8) is 0 Å². The number of rotatable bonds is 1. The van der Waals surface area contributed by atoms with Crippen LogP contribution in [0.25, 0.3) is 0 Å². The summed E-state index contributed by atoms with van der Waals surface area (Å²) in [7, 11) is 0. The predicted molar refractivity (Wildman–Crippen MR) is 65.1 cm³/mol. The molecule has 5 atom stereocenters. The van der Waals surface area contributed by atoms with E-state index in [1.807, 2.05) is 18.2 Å². The molecule has 4 N–H and O–H groups in total. The molecule has 1 fully saturated rings. The summed E-state index contributed by atoms with van der Waals surface area (Å²) < 4.78 is 10.7. The Morgan fingerprint density at radius 2 is 1.26 bits per heavy atom. The largest absolute Gasteiger partial charge is 0.388 e. The summed E-state index contributed by atoms with van der Waals surface area (Å²) in [5.41, 5.74) is 0.729. The Morgan fingerprint density at radius 3 is 1.74 bits per heavy atom. The molecule has 1 aromatic carbocycles. The molecule has 0 amide bonds. The third kappa shape index (κ3) is 3.50. The minimum atomic E-state index is -1.48. The average Bonchev–Trinajstić information content (AvgIpc) is 2.49. The Labute approximate surface area is 110 Å². The van der Waals surface area contributed by atoms with Gasteiger partial charge >= 0.3 is 0 Å². The van der Waals surface area contributed by atoms with Crippen LogP contribution in [0.2, 0.25) is 0 Å². The van der Waals surface area contributed by atoms with Crippen LogP contribution in [0.3, 0.4) is 0 Å². The highest BCUT2D eigenvalue weighted by atomic mass is 16.7. The van der Waals surface area contributed by atoms with Crippen LogP contribution in [0.1, 0.15) is 11.9 Å². The van der Waals surface area contributed by atoms with Crippen LogP contribution in [0, 0.1) is 0 Å². The number of hydrogen-bond donors (Lipinski definition) is 4. The van der Waals surface area contributed by atoms with Gasteiger partial charge in [-0.05, 0) is 0 Å². The normalized spacial score (nSPS) is 37.2. The molecule has 1 heterocycles. The first-order chi connectivity index (χ1) is 9.09. The third-order valence-corrected chi connectivity index (χ3v) is 3.05. The first-order valence-corrected chi connectivity index (χ1v) is 6.10. The molecule has 0 bridgehead atoms. The van der Waals surface area contributed by atoms with E-state index in [9.17, 15) is 20.4 Å². The molecule has 0 aromatic heterocycles. The van der Waals surface area contributed by atoms with Crippen LogP contribution in [0.4, 0.5) is 0 Å². The molecular weight excluding hydrogens is 252 g/mol. The molecule has 1 saturated heterocycles. The van der Waals surface area contributed by atoms with Gasteiger partial charge in [0.05, 0.1) is 13.2 Å². The maximum Gasteiger partial charge on any atom is 0.184 e. The van der Waals surface area contributed by atoms with Gasteiger partial charge in [-0.1, -0.05) is 30.3 Å². The summed E-state index contributed by atoms with van der Waals surface area (Å²) >= 11 is 0. The lowest BCUT2D eigenvalue weighted by Crippen LogP contribution is -2.46. The molecule has 6 nitrogen and oxygen atoms in total. The summed E-state index contributed by atoms with van der Waals surface area (Å²) in [4.78, 5) is 0. The fourth-order valence-corrected chi connectivity index (χ4v) is 1.88. The van der Waals surface area contributed by atoms with Crippen molar-refractivity contribution in [3.8, 4) is 0 Å². The van der Waals surface area contributed by atoms with Crippen molar-refractivity contribution < 1.29 is 29.9 Å². The monoisotopic (exact) mass is 270 g/mol. The van der Waals surface area contributed by atoms with Crippen LogP contribution in [0.5, 0.6) is 0 Å². The molecule has 19 heavy (non-hydrogen) atoms. The van der Waals surface area contributed by atoms with E-state index in [0.717, 1.165) is 5.56 Å². The Bertz CT molecular complexity index is 366. The van der Waals surface area contributed by atoms with Gasteiger partial charge in [0.2, 0.25) is 0 Å². The summed E-state index contributed by atoms with van der Waals surface area (Å²) in [5, 5.41) is 38.5. The lowest BCUT2D eigenvalue weighted by atomic mass is 10.0. The van der Waals surface area contributed by atoms with Gasteiger partial charge in [0, 0.05) is 5.56 Å². The number of ether oxygens (including phenoxy) is 2. The first-order valence-electron chi connectivity index (χ1n) is 6.10. The van der Waals surface area contributed by atoms with Gasteiger partial charge in [-0.2, -0.15) is 0 Å². The van der Waals surface area contributed by atoms with Crippen molar-refractivity contribution in [2.75, 3.05) is 13.2 Å². The summed E-state index contributed by atoms with van der Waals surface area (Å²) in [5.74, 6) is 0. The van der Waals surface area contributed by atoms with Crippen LogP contribution >= 0.6 is 0 Å². The van der Waals surface area contributed by atoms with Gasteiger partial charge in [0.15, 0.2) is 6.29 Å². The molecule has 0 radical (unpaired) electrons. The van der Waals surface area contributed by atoms with Gasteiger partial charge in [0.25, 0.3) is 0 Å². The highest BCUT2D eigenvalue weighted by Gasteiger charge is 2.33. The van der Waals surface area contributed by atoms with Crippen molar-refractivity contribution in [3.05, 3.63) is 35.9 Å². The highest BCUT2D eigenvalue weighted by Crippen LogP contribution is 2.22. The molecule has 6 heteroatoms. The topological polar surface area (TPSA) is 99.4 Å². The minimum Gasteiger partial charge on any atom is -0.388 e. The number of aliphatic hydroxyl groups excluding tert-OH is 4. The zero-order valence-electron chi connectivity index (χ0n) is 10.3. The van der Waals surface area contributed by atoms with E-state index in [-0.39, 0.29) is 13.2 Å². The molecule has 1 unspecified atom stereocenters. The Kier molecular flexibility index (Phi) is 4.87. The Hall–Kier alpha value is -1.02. The van der Waals surface area contributed by atoms with Crippen LogP contribution in [0.15, 0.2) is 30.3 Å². The average molecular weight is 270 g/mol. The summed E-state index contributed by atoms with van der Waals surface area (Å²) in [6, 6.07) is 9.04. The molecule has 1 aliphatic rings. The van der Waals surface area contributed by atoms with E-state index in [2.05, 4.69) is 0 Å². The fraction of sp³-hybridized carbons (Fsp3) is 0.538. The minimum absolute atomic E-state index is 0.204. The zero-order chi connectivity index (χ0) is 13.8. The van der Waals surface area contributed by atoms with E-state index in [4.69, 9.17) is 9.47 Å². The maximum absolute atomic E-state index is 9.66. The van der Waals surface area contributed by atoms with Crippen molar-refractivity contribution in [2.45, 2.75) is 30.7 Å². The van der Waals surface area contributed by atoms with Crippen molar-refractivity contribution in [1.29, 1.82) is 0 Å².